The number of fused-ring (bicyclic) bond motifs is 6. The number of carbonyl (C=O) groups excluding carboxylic acids is 2. The van der Waals surface area contributed by atoms with Crippen LogP contribution in [0.15, 0.2) is 106 Å². The molecule has 0 saturated carbocycles. The highest BCUT2D eigenvalue weighted by Gasteiger charge is 2.37. The summed E-state index contributed by atoms with van der Waals surface area (Å²) in [5.74, 6) is -2.11. The Hall–Kier alpha value is -8.16. The molecule has 2 aliphatic rings. The van der Waals surface area contributed by atoms with Crippen LogP contribution in [0.4, 0.5) is 17.6 Å². The SMILES string of the molecule is Cc1noc(C)c1-c1cc(C(N)=O)c2c3ccc(C(C)(C)O)c(F)c3n(C(c3ccc(F)cc3)C3CCOCC3)c2c1.Cc1noc(C)c1-c1cc(C(N)=O)c2c3ccc(C(C)(C)O)c(F)c3n(C(c3ccc(F)cc3)C3CCOCC3)c2c1. The van der Waals surface area contributed by atoms with Crippen molar-refractivity contribution in [3.8, 4) is 22.3 Å². The van der Waals surface area contributed by atoms with Crippen molar-refractivity contribution in [3.05, 3.63) is 177 Å². The second kappa shape index (κ2) is 22.1. The monoisotopic (exact) mass is 1150 g/mol. The van der Waals surface area contributed by atoms with E-state index >= 15 is 8.78 Å². The van der Waals surface area contributed by atoms with Gasteiger partial charge in [-0.3, -0.25) is 9.59 Å². The third kappa shape index (κ3) is 10.2. The summed E-state index contributed by atoms with van der Waals surface area (Å²) in [7, 11) is 0. The summed E-state index contributed by atoms with van der Waals surface area (Å²) < 4.78 is 87.9. The van der Waals surface area contributed by atoms with Gasteiger partial charge < -0.3 is 49.3 Å². The molecule has 2 unspecified atom stereocenters. The van der Waals surface area contributed by atoms with Gasteiger partial charge in [-0.05, 0) is 164 Å². The first-order valence-electron chi connectivity index (χ1n) is 28.1. The van der Waals surface area contributed by atoms with Gasteiger partial charge in [0.2, 0.25) is 11.8 Å². The number of benzene rings is 6. The first kappa shape index (κ1) is 57.6. The number of aryl methyl sites for hydroxylation is 4. The van der Waals surface area contributed by atoms with Gasteiger partial charge in [0.05, 0.1) is 56.7 Å². The average molecular weight is 1150 g/mol. The van der Waals surface area contributed by atoms with E-state index in [4.69, 9.17) is 30.0 Å². The van der Waals surface area contributed by atoms with Gasteiger partial charge in [-0.1, -0.05) is 58.8 Å². The molecule has 2 saturated heterocycles. The van der Waals surface area contributed by atoms with E-state index in [0.717, 1.165) is 22.3 Å². The molecule has 0 spiro atoms. The van der Waals surface area contributed by atoms with Gasteiger partial charge in [0.1, 0.15) is 23.2 Å². The largest absolute Gasteiger partial charge is 0.386 e. The van der Waals surface area contributed by atoms with Crippen molar-refractivity contribution in [3.63, 3.8) is 0 Å². The minimum Gasteiger partial charge on any atom is -0.386 e. The standard InChI is InChI=1S/2C33H33F2N3O4/c2*1-17-27(18(2)42-37-17)21-15-24(32(36)39)28-23-9-10-25(33(3,4)40)29(35)31(23)38(26(28)16-21)30(20-11-13-41-14-12-20)19-5-7-22(34)8-6-19/h2*5-10,15-16,20,30,40H,11-14H2,1-4H3,(H2,36,39). The average Bonchev–Trinajstić information content (AvgIpc) is 1.65. The van der Waals surface area contributed by atoms with E-state index in [-0.39, 0.29) is 56.8 Å². The summed E-state index contributed by atoms with van der Waals surface area (Å²) in [6.45, 7) is 15.5. The zero-order valence-corrected chi connectivity index (χ0v) is 48.0. The van der Waals surface area contributed by atoms with Gasteiger partial charge in [-0.15, -0.1) is 0 Å². The summed E-state index contributed by atoms with van der Waals surface area (Å²) in [4.78, 5) is 26.1. The smallest absolute Gasteiger partial charge is 0.249 e. The predicted molar refractivity (Wildman–Crippen MR) is 312 cm³/mol. The van der Waals surface area contributed by atoms with Crippen molar-refractivity contribution >= 4 is 55.4 Å². The number of hydrogen-bond acceptors (Lipinski definition) is 10. The van der Waals surface area contributed by atoms with Crippen LogP contribution in [0.1, 0.15) is 131 Å². The van der Waals surface area contributed by atoms with Gasteiger partial charge in [-0.25, -0.2) is 17.6 Å². The Morgan fingerprint density at radius 3 is 1.19 bits per heavy atom. The summed E-state index contributed by atoms with van der Waals surface area (Å²) in [5.41, 5.74) is 17.0. The Morgan fingerprint density at radius 2 is 0.893 bits per heavy atom. The Balaban J connectivity index is 0.000000175. The minimum absolute atomic E-state index is 0.00736. The molecule has 2 aliphatic heterocycles. The number of carbonyl (C=O) groups is 2. The van der Waals surface area contributed by atoms with Gasteiger partial charge in [0.15, 0.2) is 11.6 Å². The van der Waals surface area contributed by atoms with Crippen LogP contribution in [0.2, 0.25) is 0 Å². The first-order chi connectivity index (χ1) is 39.9. The number of ether oxygens (including phenoxy) is 2. The van der Waals surface area contributed by atoms with Crippen molar-refractivity contribution < 1.29 is 55.9 Å². The second-order valence-electron chi connectivity index (χ2n) is 23.4. The number of rotatable bonds is 12. The number of hydrogen-bond donors (Lipinski definition) is 4. The molecule has 14 nitrogen and oxygen atoms in total. The molecular weight excluding hydrogens is 1080 g/mol. The highest BCUT2D eigenvalue weighted by molar-refractivity contribution is 6.20. The number of nitrogens with zero attached hydrogens (tertiary/aromatic N) is 4. The fourth-order valence-corrected chi connectivity index (χ4v) is 13.1. The van der Waals surface area contributed by atoms with Crippen LogP contribution in [0.5, 0.6) is 0 Å². The highest BCUT2D eigenvalue weighted by Crippen LogP contribution is 2.48. The summed E-state index contributed by atoms with van der Waals surface area (Å²) >= 11 is 0. The molecule has 84 heavy (non-hydrogen) atoms. The van der Waals surface area contributed by atoms with Crippen LogP contribution in [0.25, 0.3) is 65.9 Å². The number of primary amides is 2. The molecule has 12 rings (SSSR count). The molecule has 436 valence electrons. The molecule has 6 heterocycles. The number of nitrogens with two attached hydrogens (primary N) is 2. The number of aliphatic hydroxyl groups is 2. The summed E-state index contributed by atoms with van der Waals surface area (Å²) in [6.07, 6.45) is 2.79. The molecule has 4 aromatic heterocycles. The number of aromatic nitrogens is 4. The zero-order valence-electron chi connectivity index (χ0n) is 48.0. The van der Waals surface area contributed by atoms with Crippen molar-refractivity contribution in [2.45, 2.75) is 104 Å². The summed E-state index contributed by atoms with van der Waals surface area (Å²) in [6, 6.07) is 25.4. The maximum absolute atomic E-state index is 16.8. The molecule has 2 fully saturated rings. The van der Waals surface area contributed by atoms with Crippen LogP contribution >= 0.6 is 0 Å². The van der Waals surface area contributed by atoms with E-state index in [1.165, 1.54) is 52.0 Å². The van der Waals surface area contributed by atoms with Crippen LogP contribution in [-0.4, -0.2) is 67.9 Å². The van der Waals surface area contributed by atoms with Gasteiger partial charge in [-0.2, -0.15) is 0 Å². The predicted octanol–water partition coefficient (Wildman–Crippen LogP) is 13.4. The topological polar surface area (TPSA) is 207 Å². The Morgan fingerprint density at radius 1 is 0.548 bits per heavy atom. The molecule has 10 aromatic rings. The van der Waals surface area contributed by atoms with Crippen molar-refractivity contribution in [2.75, 3.05) is 26.4 Å². The molecule has 0 aliphatic carbocycles. The van der Waals surface area contributed by atoms with Crippen molar-refractivity contribution in [1.82, 2.24) is 19.4 Å². The lowest BCUT2D eigenvalue weighted by Gasteiger charge is -2.33. The number of amides is 2. The Kier molecular flexibility index (Phi) is 15.2. The fraction of sp³-hybridized carbons (Fsp3) is 0.333. The van der Waals surface area contributed by atoms with E-state index in [1.807, 2.05) is 35.1 Å². The van der Waals surface area contributed by atoms with Gasteiger partial charge in [0, 0.05) is 81.4 Å². The van der Waals surface area contributed by atoms with Gasteiger partial charge in [0.25, 0.3) is 0 Å². The lowest BCUT2D eigenvalue weighted by atomic mass is 9.86. The molecule has 2 amide bonds. The Bertz CT molecular complexity index is 3880. The van der Waals surface area contributed by atoms with Crippen LogP contribution in [-0.2, 0) is 20.7 Å². The molecule has 0 bridgehead atoms. The normalized spacial score (nSPS) is 15.5. The van der Waals surface area contributed by atoms with Crippen LogP contribution < -0.4 is 11.5 Å². The maximum atomic E-state index is 16.8. The molecule has 0 radical (unpaired) electrons. The minimum atomic E-state index is -1.47. The van der Waals surface area contributed by atoms with Crippen molar-refractivity contribution in [1.29, 1.82) is 0 Å². The number of halogens is 4. The van der Waals surface area contributed by atoms with E-state index in [0.29, 0.717) is 119 Å². The second-order valence-corrected chi connectivity index (χ2v) is 23.4. The zero-order chi connectivity index (χ0) is 59.8. The third-order valence-corrected chi connectivity index (χ3v) is 16.9. The first-order valence-corrected chi connectivity index (χ1v) is 28.1. The van der Waals surface area contributed by atoms with Crippen molar-refractivity contribution in [2.24, 2.45) is 23.3 Å². The Labute approximate surface area is 481 Å². The van der Waals surface area contributed by atoms with Crippen LogP contribution in [0, 0.1) is 62.8 Å². The molecular formula is C66H66F4N6O8. The molecule has 6 aromatic carbocycles. The summed E-state index contributed by atoms with van der Waals surface area (Å²) in [5, 5.41) is 32.0. The highest BCUT2D eigenvalue weighted by atomic mass is 19.1. The van der Waals surface area contributed by atoms with E-state index in [9.17, 15) is 28.6 Å². The molecule has 6 N–H and O–H groups in total. The fourth-order valence-electron chi connectivity index (χ4n) is 13.1. The van der Waals surface area contributed by atoms with E-state index in [1.54, 1.807) is 74.5 Å². The molecule has 18 heteroatoms. The quantitative estimate of drug-likeness (QED) is 0.0851. The lowest BCUT2D eigenvalue weighted by molar-refractivity contribution is 0.0550. The van der Waals surface area contributed by atoms with E-state index < -0.39 is 46.7 Å². The third-order valence-electron chi connectivity index (χ3n) is 16.9. The van der Waals surface area contributed by atoms with Crippen LogP contribution in [0.3, 0.4) is 0 Å². The molecule has 2 atom stereocenters. The van der Waals surface area contributed by atoms with Gasteiger partial charge >= 0.3 is 0 Å². The lowest BCUT2D eigenvalue weighted by Crippen LogP contribution is -2.27. The maximum Gasteiger partial charge on any atom is 0.249 e. The van der Waals surface area contributed by atoms with E-state index in [2.05, 4.69) is 10.3 Å².